The summed E-state index contributed by atoms with van der Waals surface area (Å²) >= 11 is 1.29. The smallest absolute Gasteiger partial charge is 0.277 e. The predicted molar refractivity (Wildman–Crippen MR) is 83.2 cm³/mol. The van der Waals surface area contributed by atoms with Gasteiger partial charge in [0.25, 0.3) is 5.22 Å². The fourth-order valence-electron chi connectivity index (χ4n) is 2.50. The molecule has 0 saturated carbocycles. The molecular weight excluding hydrogens is 300 g/mol. The Morgan fingerprint density at radius 1 is 1.50 bits per heavy atom. The fourth-order valence-corrected chi connectivity index (χ4v) is 3.17. The molecule has 1 fully saturated rings. The number of likely N-dealkylation sites (tertiary alicyclic amines) is 1. The molecule has 2 aromatic rings. The quantitative estimate of drug-likeness (QED) is 0.807. The van der Waals surface area contributed by atoms with Crippen molar-refractivity contribution in [3.05, 3.63) is 24.5 Å². The number of aromatic nitrogens is 3. The number of hydrogen-bond acceptors (Lipinski definition) is 6. The highest BCUT2D eigenvalue weighted by Crippen LogP contribution is 2.23. The third-order valence-electron chi connectivity index (χ3n) is 3.64. The Morgan fingerprint density at radius 3 is 3.18 bits per heavy atom. The molecule has 0 radical (unpaired) electrons. The number of amides is 1. The average Bonchev–Trinajstić information content (AvgIpc) is 3.02. The van der Waals surface area contributed by atoms with Crippen LogP contribution in [-0.2, 0) is 4.79 Å². The lowest BCUT2D eigenvalue weighted by Gasteiger charge is -2.30. The van der Waals surface area contributed by atoms with E-state index in [1.165, 1.54) is 18.2 Å². The maximum Gasteiger partial charge on any atom is 0.277 e. The highest BCUT2D eigenvalue weighted by atomic mass is 32.2. The Morgan fingerprint density at radius 2 is 2.41 bits per heavy atom. The van der Waals surface area contributed by atoms with Gasteiger partial charge < -0.3 is 9.32 Å². The lowest BCUT2D eigenvalue weighted by atomic mass is 10.0. The van der Waals surface area contributed by atoms with Gasteiger partial charge in [0.15, 0.2) is 0 Å². The van der Waals surface area contributed by atoms with Crippen LogP contribution < -0.4 is 0 Å². The summed E-state index contributed by atoms with van der Waals surface area (Å²) < 4.78 is 5.56. The average molecular weight is 318 g/mol. The van der Waals surface area contributed by atoms with Gasteiger partial charge in [-0.2, -0.15) is 0 Å². The molecule has 0 aliphatic carbocycles. The van der Waals surface area contributed by atoms with Crippen molar-refractivity contribution in [3.63, 3.8) is 0 Å². The number of nitrogens with zero attached hydrogens (tertiary/aromatic N) is 4. The van der Waals surface area contributed by atoms with Crippen molar-refractivity contribution in [2.75, 3.05) is 18.8 Å². The normalized spacial score (nSPS) is 18.4. The molecule has 0 N–H and O–H groups in total. The van der Waals surface area contributed by atoms with Crippen LogP contribution in [0.1, 0.15) is 19.8 Å². The third kappa shape index (κ3) is 3.65. The maximum atomic E-state index is 12.2. The zero-order chi connectivity index (χ0) is 15.4. The van der Waals surface area contributed by atoms with Crippen molar-refractivity contribution >= 4 is 17.7 Å². The van der Waals surface area contributed by atoms with Crippen LogP contribution in [0.25, 0.3) is 11.5 Å². The second-order valence-electron chi connectivity index (χ2n) is 5.49. The Labute approximate surface area is 133 Å². The first-order chi connectivity index (χ1) is 10.7. The molecule has 7 heteroatoms. The second-order valence-corrected chi connectivity index (χ2v) is 6.42. The molecule has 2 aromatic heterocycles. The van der Waals surface area contributed by atoms with Crippen LogP contribution >= 0.6 is 11.8 Å². The molecule has 0 aromatic carbocycles. The van der Waals surface area contributed by atoms with Gasteiger partial charge in [-0.15, -0.1) is 10.2 Å². The van der Waals surface area contributed by atoms with E-state index in [0.717, 1.165) is 25.1 Å². The summed E-state index contributed by atoms with van der Waals surface area (Å²) in [6.45, 7) is 3.89. The molecule has 1 aliphatic rings. The standard InChI is InChI=1S/C15H18N4O2S/c1-11-4-3-7-19(9-11)13(20)10-22-15-18-17-14(21-15)12-5-2-6-16-8-12/h2,5-6,8,11H,3-4,7,9-10H2,1H3. The molecule has 1 aliphatic heterocycles. The van der Waals surface area contributed by atoms with Crippen LogP contribution in [0.3, 0.4) is 0 Å². The molecule has 0 bridgehead atoms. The molecule has 116 valence electrons. The van der Waals surface area contributed by atoms with Crippen molar-refractivity contribution in [2.45, 2.75) is 25.0 Å². The van der Waals surface area contributed by atoms with Gasteiger partial charge in [0.1, 0.15) is 0 Å². The largest absolute Gasteiger partial charge is 0.411 e. The highest BCUT2D eigenvalue weighted by Gasteiger charge is 2.21. The zero-order valence-electron chi connectivity index (χ0n) is 12.4. The zero-order valence-corrected chi connectivity index (χ0v) is 13.3. The lowest BCUT2D eigenvalue weighted by molar-refractivity contribution is -0.130. The first-order valence-electron chi connectivity index (χ1n) is 7.37. The van der Waals surface area contributed by atoms with Crippen LogP contribution in [0.2, 0.25) is 0 Å². The minimum atomic E-state index is 0.137. The topological polar surface area (TPSA) is 72.1 Å². The van der Waals surface area contributed by atoms with Crippen molar-refractivity contribution < 1.29 is 9.21 Å². The van der Waals surface area contributed by atoms with Crippen LogP contribution in [0, 0.1) is 5.92 Å². The van der Waals surface area contributed by atoms with E-state index in [0.29, 0.717) is 22.8 Å². The summed E-state index contributed by atoms with van der Waals surface area (Å²) in [5.74, 6) is 1.48. The van der Waals surface area contributed by atoms with Crippen molar-refractivity contribution in [2.24, 2.45) is 5.92 Å². The Balaban J connectivity index is 1.56. The Bertz CT molecular complexity index is 631. The Kier molecular flexibility index (Phi) is 4.72. The predicted octanol–water partition coefficient (Wildman–Crippen LogP) is 2.48. The van der Waals surface area contributed by atoms with E-state index in [1.807, 2.05) is 17.0 Å². The molecule has 1 atom stereocenters. The summed E-state index contributed by atoms with van der Waals surface area (Å²) in [4.78, 5) is 18.1. The number of pyridine rings is 1. The minimum Gasteiger partial charge on any atom is -0.411 e. The van der Waals surface area contributed by atoms with E-state index in [2.05, 4.69) is 22.1 Å². The van der Waals surface area contributed by atoms with E-state index in [1.54, 1.807) is 12.4 Å². The van der Waals surface area contributed by atoms with Gasteiger partial charge in [-0.1, -0.05) is 18.7 Å². The first-order valence-corrected chi connectivity index (χ1v) is 8.35. The van der Waals surface area contributed by atoms with E-state index < -0.39 is 0 Å². The summed E-state index contributed by atoms with van der Waals surface area (Å²) in [6.07, 6.45) is 5.65. The van der Waals surface area contributed by atoms with E-state index in [-0.39, 0.29) is 5.91 Å². The van der Waals surface area contributed by atoms with Gasteiger partial charge in [-0.3, -0.25) is 9.78 Å². The number of carbonyl (C=O) groups excluding carboxylic acids is 1. The van der Waals surface area contributed by atoms with Gasteiger partial charge in [0, 0.05) is 25.5 Å². The Hall–Kier alpha value is -1.89. The van der Waals surface area contributed by atoms with Crippen molar-refractivity contribution in [1.29, 1.82) is 0 Å². The molecule has 3 rings (SSSR count). The number of thioether (sulfide) groups is 1. The van der Waals surface area contributed by atoms with Crippen molar-refractivity contribution in [3.8, 4) is 11.5 Å². The number of piperidine rings is 1. The number of carbonyl (C=O) groups is 1. The number of hydrogen-bond donors (Lipinski definition) is 0. The molecule has 1 saturated heterocycles. The fraction of sp³-hybridized carbons (Fsp3) is 0.467. The van der Waals surface area contributed by atoms with E-state index >= 15 is 0 Å². The summed E-state index contributed by atoms with van der Waals surface area (Å²) in [6, 6.07) is 3.67. The van der Waals surface area contributed by atoms with Crippen LogP contribution in [0.5, 0.6) is 0 Å². The van der Waals surface area contributed by atoms with Gasteiger partial charge in [-0.05, 0) is 30.9 Å². The van der Waals surface area contributed by atoms with E-state index in [4.69, 9.17) is 4.42 Å². The summed E-state index contributed by atoms with van der Waals surface area (Å²) in [7, 11) is 0. The lowest BCUT2D eigenvalue weighted by Crippen LogP contribution is -2.40. The first kappa shape index (κ1) is 15.0. The van der Waals surface area contributed by atoms with Crippen LogP contribution in [0.4, 0.5) is 0 Å². The van der Waals surface area contributed by atoms with Gasteiger partial charge in [0.05, 0.1) is 11.3 Å². The third-order valence-corrected chi connectivity index (χ3v) is 4.45. The highest BCUT2D eigenvalue weighted by molar-refractivity contribution is 7.99. The van der Waals surface area contributed by atoms with Gasteiger partial charge >= 0.3 is 0 Å². The minimum absolute atomic E-state index is 0.137. The molecule has 3 heterocycles. The monoisotopic (exact) mass is 318 g/mol. The van der Waals surface area contributed by atoms with Gasteiger partial charge in [0.2, 0.25) is 11.8 Å². The molecule has 6 nitrogen and oxygen atoms in total. The molecule has 1 unspecified atom stereocenters. The summed E-state index contributed by atoms with van der Waals surface area (Å²) in [5.41, 5.74) is 0.776. The SMILES string of the molecule is CC1CCCN(C(=O)CSc2nnc(-c3cccnc3)o2)C1. The molecule has 22 heavy (non-hydrogen) atoms. The van der Waals surface area contributed by atoms with Crippen molar-refractivity contribution in [1.82, 2.24) is 20.1 Å². The molecule has 1 amide bonds. The van der Waals surface area contributed by atoms with E-state index in [9.17, 15) is 4.79 Å². The number of rotatable bonds is 4. The summed E-state index contributed by atoms with van der Waals surface area (Å²) in [5, 5.41) is 8.37. The van der Waals surface area contributed by atoms with Crippen LogP contribution in [-0.4, -0.2) is 44.8 Å². The van der Waals surface area contributed by atoms with Crippen LogP contribution in [0.15, 0.2) is 34.2 Å². The molecular formula is C15H18N4O2S. The molecule has 0 spiro atoms. The van der Waals surface area contributed by atoms with Gasteiger partial charge in [-0.25, -0.2) is 0 Å². The second kappa shape index (κ2) is 6.91. The maximum absolute atomic E-state index is 12.2.